The van der Waals surface area contributed by atoms with Crippen molar-refractivity contribution in [1.29, 1.82) is 0 Å². The lowest BCUT2D eigenvalue weighted by atomic mass is 10.2. The van der Waals surface area contributed by atoms with Crippen molar-refractivity contribution in [2.24, 2.45) is 0 Å². The van der Waals surface area contributed by atoms with Gasteiger partial charge in [0.05, 0.1) is 0 Å². The van der Waals surface area contributed by atoms with Gasteiger partial charge in [-0.2, -0.15) is 13.2 Å². The van der Waals surface area contributed by atoms with Crippen molar-refractivity contribution in [2.75, 3.05) is 19.6 Å². The molecule has 0 aliphatic rings. The lowest BCUT2D eigenvalue weighted by molar-refractivity contribution is -0.201. The van der Waals surface area contributed by atoms with Crippen molar-refractivity contribution in [1.82, 2.24) is 10.6 Å². The van der Waals surface area contributed by atoms with E-state index in [9.17, 15) is 18.0 Å². The van der Waals surface area contributed by atoms with Gasteiger partial charge >= 0.3 is 12.3 Å². The summed E-state index contributed by atoms with van der Waals surface area (Å²) in [5.41, 5.74) is -0.621. The normalized spacial score (nSPS) is 14.2. The second-order valence-corrected chi connectivity index (χ2v) is 4.69. The molecule has 8 heteroatoms. The van der Waals surface area contributed by atoms with Crippen LogP contribution in [0.2, 0.25) is 0 Å². The number of amides is 1. The molecule has 0 spiro atoms. The van der Waals surface area contributed by atoms with Gasteiger partial charge in [-0.15, -0.1) is 0 Å². The van der Waals surface area contributed by atoms with Crippen LogP contribution in [-0.4, -0.2) is 48.7 Å². The lowest BCUT2D eigenvalue weighted by Gasteiger charge is -2.20. The van der Waals surface area contributed by atoms with Gasteiger partial charge in [-0.3, -0.25) is 0 Å². The van der Waals surface area contributed by atoms with Gasteiger partial charge in [0.1, 0.15) is 5.60 Å². The van der Waals surface area contributed by atoms with Gasteiger partial charge in [-0.25, -0.2) is 4.79 Å². The largest absolute Gasteiger partial charge is 0.444 e. The number of nitrogens with one attached hydrogen (secondary N) is 2. The smallest absolute Gasteiger partial charge is 0.415 e. The molecule has 0 fully saturated rings. The number of aliphatic hydroxyl groups excluding tert-OH is 1. The Labute approximate surface area is 104 Å². The fourth-order valence-corrected chi connectivity index (χ4v) is 0.922. The third kappa shape index (κ3) is 9.06. The number of alkyl carbamates (subject to hydrolysis) is 1. The van der Waals surface area contributed by atoms with Crippen LogP contribution in [0.3, 0.4) is 0 Å². The van der Waals surface area contributed by atoms with Crippen LogP contribution in [0, 0.1) is 0 Å². The number of alkyl halides is 3. The molecule has 108 valence electrons. The topological polar surface area (TPSA) is 70.6 Å². The van der Waals surface area contributed by atoms with E-state index in [1.165, 1.54) is 0 Å². The van der Waals surface area contributed by atoms with E-state index >= 15 is 0 Å². The zero-order valence-corrected chi connectivity index (χ0v) is 10.6. The summed E-state index contributed by atoms with van der Waals surface area (Å²) < 4.78 is 40.6. The predicted octanol–water partition coefficient (Wildman–Crippen LogP) is 1.02. The molecular weight excluding hydrogens is 253 g/mol. The highest BCUT2D eigenvalue weighted by Crippen LogP contribution is 2.18. The van der Waals surface area contributed by atoms with Gasteiger partial charge in [0.2, 0.25) is 0 Å². The highest BCUT2D eigenvalue weighted by molar-refractivity contribution is 5.67. The minimum atomic E-state index is -4.63. The van der Waals surface area contributed by atoms with E-state index in [2.05, 4.69) is 10.6 Å². The highest BCUT2D eigenvalue weighted by Gasteiger charge is 2.37. The molecule has 0 aromatic heterocycles. The molecule has 1 amide bonds. The van der Waals surface area contributed by atoms with E-state index in [0.29, 0.717) is 0 Å². The van der Waals surface area contributed by atoms with Gasteiger partial charge in [-0.1, -0.05) is 0 Å². The molecule has 0 saturated carbocycles. The minimum Gasteiger partial charge on any atom is -0.444 e. The Kier molecular flexibility index (Phi) is 6.41. The molecule has 0 heterocycles. The SMILES string of the molecule is CC(C)(C)OC(=O)NCCNCC(O)C(F)(F)F. The second kappa shape index (κ2) is 6.79. The fraction of sp³-hybridized carbons (Fsp3) is 0.900. The molecule has 5 nitrogen and oxygen atoms in total. The maximum Gasteiger partial charge on any atom is 0.415 e. The van der Waals surface area contributed by atoms with Gasteiger partial charge < -0.3 is 20.5 Å². The van der Waals surface area contributed by atoms with Gasteiger partial charge in [0.25, 0.3) is 0 Å². The number of hydrogen-bond donors (Lipinski definition) is 3. The van der Waals surface area contributed by atoms with Gasteiger partial charge in [0, 0.05) is 19.6 Å². The molecule has 0 aromatic rings. The Balaban J connectivity index is 3.61. The molecule has 0 saturated heterocycles. The first kappa shape index (κ1) is 17.0. The van der Waals surface area contributed by atoms with Crippen LogP contribution in [0.1, 0.15) is 20.8 Å². The first-order chi connectivity index (χ1) is 8.02. The Morgan fingerprint density at radius 1 is 1.28 bits per heavy atom. The number of ether oxygens (including phenoxy) is 1. The third-order valence-electron chi connectivity index (χ3n) is 1.69. The molecule has 0 bridgehead atoms. The van der Waals surface area contributed by atoms with E-state index in [1.54, 1.807) is 20.8 Å². The van der Waals surface area contributed by atoms with E-state index in [1.807, 2.05) is 0 Å². The van der Waals surface area contributed by atoms with Crippen molar-refractivity contribution in [3.8, 4) is 0 Å². The summed E-state index contributed by atoms with van der Waals surface area (Å²) in [5, 5.41) is 13.4. The summed E-state index contributed by atoms with van der Waals surface area (Å²) >= 11 is 0. The standard InChI is InChI=1S/C10H19F3N2O3/c1-9(2,3)18-8(17)15-5-4-14-6-7(16)10(11,12)13/h7,14,16H,4-6H2,1-3H3,(H,15,17). The summed E-state index contributed by atoms with van der Waals surface area (Å²) in [5.74, 6) is 0. The number of carbonyl (C=O) groups is 1. The Morgan fingerprint density at radius 2 is 1.83 bits per heavy atom. The summed E-state index contributed by atoms with van der Waals surface area (Å²) in [6, 6.07) is 0. The number of halogens is 3. The number of hydrogen-bond acceptors (Lipinski definition) is 4. The molecular formula is C10H19F3N2O3. The van der Waals surface area contributed by atoms with Crippen molar-refractivity contribution >= 4 is 6.09 Å². The number of rotatable bonds is 5. The molecule has 0 rings (SSSR count). The lowest BCUT2D eigenvalue weighted by Crippen LogP contribution is -2.41. The minimum absolute atomic E-state index is 0.104. The van der Waals surface area contributed by atoms with Crippen LogP contribution in [0.4, 0.5) is 18.0 Å². The second-order valence-electron chi connectivity index (χ2n) is 4.69. The highest BCUT2D eigenvalue weighted by atomic mass is 19.4. The Bertz CT molecular complexity index is 264. The average Bonchev–Trinajstić information content (AvgIpc) is 2.12. The van der Waals surface area contributed by atoms with Crippen molar-refractivity contribution in [2.45, 2.75) is 38.7 Å². The van der Waals surface area contributed by atoms with Crippen LogP contribution in [0.15, 0.2) is 0 Å². The molecule has 18 heavy (non-hydrogen) atoms. The Morgan fingerprint density at radius 3 is 2.28 bits per heavy atom. The fourth-order valence-electron chi connectivity index (χ4n) is 0.922. The van der Waals surface area contributed by atoms with E-state index in [-0.39, 0.29) is 13.1 Å². The third-order valence-corrected chi connectivity index (χ3v) is 1.69. The maximum atomic E-state index is 11.9. The zero-order valence-electron chi connectivity index (χ0n) is 10.6. The zero-order chi connectivity index (χ0) is 14.4. The number of aliphatic hydroxyl groups is 1. The summed E-state index contributed by atoms with van der Waals surface area (Å²) in [7, 11) is 0. The van der Waals surface area contributed by atoms with Crippen LogP contribution >= 0.6 is 0 Å². The molecule has 1 atom stereocenters. The summed E-state index contributed by atoms with van der Waals surface area (Å²) in [6.07, 6.45) is -7.68. The van der Waals surface area contributed by atoms with Crippen LogP contribution in [0.25, 0.3) is 0 Å². The van der Waals surface area contributed by atoms with Crippen molar-refractivity contribution in [3.63, 3.8) is 0 Å². The quantitative estimate of drug-likeness (QED) is 0.654. The molecule has 0 radical (unpaired) electrons. The van der Waals surface area contributed by atoms with Gasteiger partial charge in [-0.05, 0) is 20.8 Å². The van der Waals surface area contributed by atoms with Crippen LogP contribution in [-0.2, 0) is 4.74 Å². The molecule has 0 aliphatic carbocycles. The van der Waals surface area contributed by atoms with Crippen molar-refractivity contribution < 1.29 is 27.8 Å². The number of carbonyl (C=O) groups excluding carboxylic acids is 1. The van der Waals surface area contributed by atoms with Crippen molar-refractivity contribution in [3.05, 3.63) is 0 Å². The van der Waals surface area contributed by atoms with E-state index in [0.717, 1.165) is 0 Å². The van der Waals surface area contributed by atoms with E-state index in [4.69, 9.17) is 9.84 Å². The summed E-state index contributed by atoms with van der Waals surface area (Å²) in [4.78, 5) is 11.1. The summed E-state index contributed by atoms with van der Waals surface area (Å²) in [6.45, 7) is 4.70. The molecule has 3 N–H and O–H groups in total. The monoisotopic (exact) mass is 272 g/mol. The van der Waals surface area contributed by atoms with Gasteiger partial charge in [0.15, 0.2) is 6.10 Å². The Hall–Kier alpha value is -1.02. The first-order valence-corrected chi connectivity index (χ1v) is 5.45. The first-order valence-electron chi connectivity index (χ1n) is 5.45. The molecule has 0 aliphatic heterocycles. The van der Waals surface area contributed by atoms with Crippen LogP contribution in [0.5, 0.6) is 0 Å². The molecule has 1 unspecified atom stereocenters. The van der Waals surface area contributed by atoms with E-state index < -0.39 is 30.5 Å². The predicted molar refractivity (Wildman–Crippen MR) is 59.2 cm³/mol. The van der Waals surface area contributed by atoms with Crippen LogP contribution < -0.4 is 10.6 Å². The maximum absolute atomic E-state index is 11.9. The molecule has 0 aromatic carbocycles. The average molecular weight is 272 g/mol.